The van der Waals surface area contributed by atoms with E-state index in [0.717, 1.165) is 4.47 Å². The van der Waals surface area contributed by atoms with Gasteiger partial charge in [0, 0.05) is 9.85 Å². The Balaban J connectivity index is 2.08. The van der Waals surface area contributed by atoms with E-state index in [1.807, 2.05) is 5.38 Å². The Kier molecular flexibility index (Phi) is 2.56. The van der Waals surface area contributed by atoms with E-state index < -0.39 is 17.3 Å². The van der Waals surface area contributed by atoms with E-state index in [0.29, 0.717) is 17.8 Å². The molecular weight excluding hydrogens is 282 g/mol. The molecule has 4 nitrogen and oxygen atoms in total. The lowest BCUT2D eigenvalue weighted by atomic mass is 10.1. The van der Waals surface area contributed by atoms with Gasteiger partial charge in [-0.15, -0.1) is 11.3 Å². The Morgan fingerprint density at radius 3 is 2.60 bits per heavy atom. The minimum absolute atomic E-state index is 0.413. The zero-order valence-corrected chi connectivity index (χ0v) is 10.0. The van der Waals surface area contributed by atoms with Crippen LogP contribution in [0, 0.1) is 5.41 Å². The second kappa shape index (κ2) is 3.61. The minimum Gasteiger partial charge on any atom is -0.480 e. The van der Waals surface area contributed by atoms with Crippen LogP contribution in [-0.4, -0.2) is 17.0 Å². The molecule has 2 rings (SSSR count). The molecule has 0 saturated heterocycles. The third-order valence-corrected chi connectivity index (χ3v) is 4.00. The summed E-state index contributed by atoms with van der Waals surface area (Å²) in [7, 11) is 0. The van der Waals surface area contributed by atoms with Gasteiger partial charge in [-0.3, -0.25) is 9.59 Å². The number of aliphatic carboxylic acids is 1. The SMILES string of the molecule is O=C(O)C1(C(=O)Nc2cc(Br)cs2)CC1. The first-order valence-electron chi connectivity index (χ1n) is 4.33. The Labute approximate surface area is 98.4 Å². The molecule has 2 N–H and O–H groups in total. The zero-order valence-electron chi connectivity index (χ0n) is 7.62. The fourth-order valence-corrected chi connectivity index (χ4v) is 2.59. The van der Waals surface area contributed by atoms with Crippen molar-refractivity contribution in [3.8, 4) is 0 Å². The van der Waals surface area contributed by atoms with Gasteiger partial charge in [-0.2, -0.15) is 0 Å². The van der Waals surface area contributed by atoms with Gasteiger partial charge in [0.2, 0.25) is 5.91 Å². The molecule has 0 bridgehead atoms. The van der Waals surface area contributed by atoms with Crippen LogP contribution in [0.15, 0.2) is 15.9 Å². The third kappa shape index (κ3) is 1.91. The van der Waals surface area contributed by atoms with Gasteiger partial charge in [0.1, 0.15) is 5.41 Å². The Bertz CT molecular complexity index is 425. The predicted octanol–water partition coefficient (Wildman–Crippen LogP) is 2.31. The lowest BCUT2D eigenvalue weighted by Gasteiger charge is -2.08. The third-order valence-electron chi connectivity index (χ3n) is 2.40. The second-order valence-corrected chi connectivity index (χ2v) is 5.30. The lowest BCUT2D eigenvalue weighted by Crippen LogP contribution is -2.30. The number of hydrogen-bond acceptors (Lipinski definition) is 3. The maximum atomic E-state index is 11.6. The first-order chi connectivity index (χ1) is 7.04. The van der Waals surface area contributed by atoms with Crippen LogP contribution in [0.2, 0.25) is 0 Å². The summed E-state index contributed by atoms with van der Waals surface area (Å²) in [5.74, 6) is -1.44. The summed E-state index contributed by atoms with van der Waals surface area (Å²) < 4.78 is 0.878. The maximum absolute atomic E-state index is 11.6. The van der Waals surface area contributed by atoms with Crippen molar-refractivity contribution in [3.63, 3.8) is 0 Å². The van der Waals surface area contributed by atoms with Crippen molar-refractivity contribution in [3.05, 3.63) is 15.9 Å². The number of carboxylic acid groups (broad SMARTS) is 1. The number of carboxylic acids is 1. The molecule has 0 spiro atoms. The molecule has 1 amide bonds. The summed E-state index contributed by atoms with van der Waals surface area (Å²) in [5, 5.41) is 14.0. The number of amides is 1. The highest BCUT2D eigenvalue weighted by molar-refractivity contribution is 9.10. The molecular formula is C9H8BrNO3S. The van der Waals surface area contributed by atoms with Crippen molar-refractivity contribution < 1.29 is 14.7 Å². The largest absolute Gasteiger partial charge is 0.480 e. The quantitative estimate of drug-likeness (QED) is 0.839. The molecule has 1 aliphatic rings. The normalized spacial score (nSPS) is 17.1. The average molecular weight is 290 g/mol. The summed E-state index contributed by atoms with van der Waals surface area (Å²) in [6.45, 7) is 0. The fourth-order valence-electron chi connectivity index (χ4n) is 1.27. The summed E-state index contributed by atoms with van der Waals surface area (Å²) >= 11 is 4.62. The zero-order chi connectivity index (χ0) is 11.1. The predicted molar refractivity (Wildman–Crippen MR) is 60.0 cm³/mol. The van der Waals surface area contributed by atoms with Gasteiger partial charge >= 0.3 is 5.97 Å². The van der Waals surface area contributed by atoms with Crippen LogP contribution in [0.4, 0.5) is 5.00 Å². The van der Waals surface area contributed by atoms with E-state index in [9.17, 15) is 9.59 Å². The molecule has 1 aliphatic carbocycles. The molecule has 6 heteroatoms. The highest BCUT2D eigenvalue weighted by Crippen LogP contribution is 2.47. The van der Waals surface area contributed by atoms with E-state index in [-0.39, 0.29) is 0 Å². The number of thiophene rings is 1. The van der Waals surface area contributed by atoms with Crippen LogP contribution in [-0.2, 0) is 9.59 Å². The van der Waals surface area contributed by atoms with Crippen molar-refractivity contribution in [2.24, 2.45) is 5.41 Å². The van der Waals surface area contributed by atoms with Crippen molar-refractivity contribution in [1.82, 2.24) is 0 Å². The number of halogens is 1. The molecule has 1 saturated carbocycles. The van der Waals surface area contributed by atoms with E-state index in [1.54, 1.807) is 6.07 Å². The van der Waals surface area contributed by atoms with Gasteiger partial charge in [0.15, 0.2) is 0 Å². The second-order valence-electron chi connectivity index (χ2n) is 3.47. The molecule has 80 valence electrons. The Morgan fingerprint density at radius 2 is 2.20 bits per heavy atom. The smallest absolute Gasteiger partial charge is 0.319 e. The fraction of sp³-hybridized carbons (Fsp3) is 0.333. The monoisotopic (exact) mass is 289 g/mol. The molecule has 0 unspecified atom stereocenters. The molecule has 1 heterocycles. The summed E-state index contributed by atoms with van der Waals surface area (Å²) in [6.07, 6.45) is 0.863. The standard InChI is InChI=1S/C9H8BrNO3S/c10-5-3-6(15-4-5)11-7(12)9(1-2-9)8(13)14/h3-4H,1-2H2,(H,11,12)(H,13,14). The minimum atomic E-state index is -1.17. The summed E-state index contributed by atoms with van der Waals surface area (Å²) in [6, 6.07) is 1.75. The van der Waals surface area contributed by atoms with Crippen LogP contribution in [0.3, 0.4) is 0 Å². The van der Waals surface area contributed by atoms with E-state index in [1.165, 1.54) is 11.3 Å². The van der Waals surface area contributed by atoms with Crippen molar-refractivity contribution >= 4 is 44.1 Å². The number of rotatable bonds is 3. The van der Waals surface area contributed by atoms with Crippen LogP contribution in [0.1, 0.15) is 12.8 Å². The summed E-state index contributed by atoms with van der Waals surface area (Å²) in [5.41, 5.74) is -1.17. The Morgan fingerprint density at radius 1 is 1.53 bits per heavy atom. The van der Waals surface area contributed by atoms with E-state index >= 15 is 0 Å². The number of carbonyl (C=O) groups is 2. The van der Waals surface area contributed by atoms with E-state index in [2.05, 4.69) is 21.2 Å². The van der Waals surface area contributed by atoms with Gasteiger partial charge in [-0.05, 0) is 34.8 Å². The van der Waals surface area contributed by atoms with Crippen molar-refractivity contribution in [1.29, 1.82) is 0 Å². The van der Waals surface area contributed by atoms with Crippen LogP contribution in [0.5, 0.6) is 0 Å². The molecule has 0 radical (unpaired) electrons. The van der Waals surface area contributed by atoms with Crippen LogP contribution >= 0.6 is 27.3 Å². The molecule has 0 aromatic carbocycles. The van der Waals surface area contributed by atoms with Crippen LogP contribution in [0.25, 0.3) is 0 Å². The highest BCUT2D eigenvalue weighted by Gasteiger charge is 2.57. The van der Waals surface area contributed by atoms with Crippen molar-refractivity contribution in [2.45, 2.75) is 12.8 Å². The lowest BCUT2D eigenvalue weighted by molar-refractivity contribution is -0.147. The number of carbonyl (C=O) groups excluding carboxylic acids is 1. The van der Waals surface area contributed by atoms with Crippen LogP contribution < -0.4 is 5.32 Å². The number of anilines is 1. The molecule has 1 aromatic heterocycles. The first-order valence-corrected chi connectivity index (χ1v) is 6.01. The Hall–Kier alpha value is -0.880. The van der Waals surface area contributed by atoms with Crippen molar-refractivity contribution in [2.75, 3.05) is 5.32 Å². The van der Waals surface area contributed by atoms with E-state index in [4.69, 9.17) is 5.11 Å². The van der Waals surface area contributed by atoms with Gasteiger partial charge in [0.25, 0.3) is 0 Å². The molecule has 0 atom stereocenters. The highest BCUT2D eigenvalue weighted by atomic mass is 79.9. The summed E-state index contributed by atoms with van der Waals surface area (Å²) in [4.78, 5) is 22.5. The number of hydrogen-bond donors (Lipinski definition) is 2. The first kappa shape index (κ1) is 10.6. The molecule has 1 aromatic rings. The van der Waals surface area contributed by atoms with Gasteiger partial charge < -0.3 is 10.4 Å². The molecule has 1 fully saturated rings. The van der Waals surface area contributed by atoms with Gasteiger partial charge in [0.05, 0.1) is 5.00 Å². The molecule has 15 heavy (non-hydrogen) atoms. The molecule has 0 aliphatic heterocycles. The van der Waals surface area contributed by atoms with Gasteiger partial charge in [-0.1, -0.05) is 0 Å². The average Bonchev–Trinajstić information content (AvgIpc) is 2.88. The van der Waals surface area contributed by atoms with Gasteiger partial charge in [-0.25, -0.2) is 0 Å². The number of nitrogens with one attached hydrogen (secondary N) is 1. The topological polar surface area (TPSA) is 66.4 Å². The maximum Gasteiger partial charge on any atom is 0.319 e.